The van der Waals surface area contributed by atoms with Crippen LogP contribution in [0.4, 0.5) is 0 Å². The SMILES string of the molecule is Cc1cc(C(=O)NC2CCCC(C)C2)sc1C(=O)NC1CCCC(C)C1. The van der Waals surface area contributed by atoms with E-state index in [9.17, 15) is 9.59 Å². The summed E-state index contributed by atoms with van der Waals surface area (Å²) in [5.41, 5.74) is 0.901. The summed E-state index contributed by atoms with van der Waals surface area (Å²) in [6.07, 6.45) is 9.13. The molecule has 2 N–H and O–H groups in total. The van der Waals surface area contributed by atoms with Crippen molar-refractivity contribution in [2.75, 3.05) is 0 Å². The lowest BCUT2D eigenvalue weighted by molar-refractivity contribution is 0.0917. The second kappa shape index (κ2) is 8.55. The highest BCUT2D eigenvalue weighted by atomic mass is 32.1. The van der Waals surface area contributed by atoms with Crippen molar-refractivity contribution in [3.8, 4) is 0 Å². The van der Waals surface area contributed by atoms with E-state index in [-0.39, 0.29) is 23.9 Å². The van der Waals surface area contributed by atoms with Crippen LogP contribution >= 0.6 is 11.3 Å². The van der Waals surface area contributed by atoms with Gasteiger partial charge >= 0.3 is 0 Å². The number of thiophene rings is 1. The number of carbonyl (C=O) groups excluding carboxylic acids is 2. The number of rotatable bonds is 4. The average Bonchev–Trinajstić information content (AvgIpc) is 2.97. The molecule has 1 aromatic rings. The van der Waals surface area contributed by atoms with Crippen LogP contribution in [-0.2, 0) is 0 Å². The Hall–Kier alpha value is -1.36. The Morgan fingerprint density at radius 2 is 1.46 bits per heavy atom. The molecule has 2 fully saturated rings. The van der Waals surface area contributed by atoms with Crippen molar-refractivity contribution in [3.05, 3.63) is 21.4 Å². The molecule has 4 nitrogen and oxygen atoms in total. The van der Waals surface area contributed by atoms with Crippen molar-refractivity contribution in [2.24, 2.45) is 11.8 Å². The van der Waals surface area contributed by atoms with Crippen LogP contribution in [-0.4, -0.2) is 23.9 Å². The largest absolute Gasteiger partial charge is 0.349 e. The topological polar surface area (TPSA) is 58.2 Å². The molecule has 4 atom stereocenters. The van der Waals surface area contributed by atoms with Gasteiger partial charge in [0.15, 0.2) is 0 Å². The van der Waals surface area contributed by atoms with Gasteiger partial charge in [-0.2, -0.15) is 0 Å². The monoisotopic (exact) mass is 376 g/mol. The number of carbonyl (C=O) groups is 2. The highest BCUT2D eigenvalue weighted by molar-refractivity contribution is 7.16. The Bertz CT molecular complexity index is 654. The van der Waals surface area contributed by atoms with Crippen molar-refractivity contribution in [1.29, 1.82) is 0 Å². The number of hydrogen-bond donors (Lipinski definition) is 2. The molecule has 144 valence electrons. The molecule has 0 saturated heterocycles. The van der Waals surface area contributed by atoms with Crippen LogP contribution in [0.15, 0.2) is 6.07 Å². The van der Waals surface area contributed by atoms with Gasteiger partial charge in [0.05, 0.1) is 9.75 Å². The second-order valence-corrected chi connectivity index (χ2v) is 9.56. The fraction of sp³-hybridized carbons (Fsp3) is 0.714. The molecule has 0 radical (unpaired) electrons. The van der Waals surface area contributed by atoms with Crippen molar-refractivity contribution in [3.63, 3.8) is 0 Å². The van der Waals surface area contributed by atoms with E-state index < -0.39 is 0 Å². The standard InChI is InChI=1S/C21H32N2O2S/c1-13-6-4-8-16(10-13)22-20(24)18-12-15(3)19(26-18)21(25)23-17-9-5-7-14(2)11-17/h12-14,16-17H,4-11H2,1-3H3,(H,22,24)(H,23,25). The molecule has 2 aliphatic carbocycles. The Balaban J connectivity index is 1.60. The van der Waals surface area contributed by atoms with Crippen molar-refractivity contribution in [2.45, 2.75) is 84.2 Å². The van der Waals surface area contributed by atoms with Crippen molar-refractivity contribution < 1.29 is 9.59 Å². The van der Waals surface area contributed by atoms with Gasteiger partial charge in [-0.15, -0.1) is 11.3 Å². The Morgan fingerprint density at radius 3 is 2.00 bits per heavy atom. The maximum Gasteiger partial charge on any atom is 0.261 e. The maximum atomic E-state index is 12.7. The fourth-order valence-corrected chi connectivity index (χ4v) is 5.44. The molecule has 5 heteroatoms. The van der Waals surface area contributed by atoms with Crippen LogP contribution in [0.1, 0.15) is 90.1 Å². The first-order valence-corrected chi connectivity index (χ1v) is 11.0. The summed E-state index contributed by atoms with van der Waals surface area (Å²) in [6.45, 7) is 6.43. The van der Waals surface area contributed by atoms with Gasteiger partial charge in [0.2, 0.25) is 0 Å². The molecule has 2 amide bonds. The number of amides is 2. The lowest BCUT2D eigenvalue weighted by atomic mass is 9.87. The minimum Gasteiger partial charge on any atom is -0.349 e. The first kappa shape index (κ1) is 19.4. The molecule has 26 heavy (non-hydrogen) atoms. The van der Waals surface area contributed by atoms with Crippen LogP contribution in [0.2, 0.25) is 0 Å². The lowest BCUT2D eigenvalue weighted by Gasteiger charge is -2.27. The van der Waals surface area contributed by atoms with Crippen molar-refractivity contribution >= 4 is 23.2 Å². The molecule has 0 aliphatic heterocycles. The molecule has 0 bridgehead atoms. The van der Waals surface area contributed by atoms with Crippen LogP contribution in [0.25, 0.3) is 0 Å². The van der Waals surface area contributed by atoms with Crippen LogP contribution in [0.5, 0.6) is 0 Å². The third-order valence-corrected chi connectivity index (χ3v) is 7.13. The summed E-state index contributed by atoms with van der Waals surface area (Å²) in [7, 11) is 0. The highest BCUT2D eigenvalue weighted by Crippen LogP contribution is 2.27. The van der Waals surface area contributed by atoms with Crippen LogP contribution in [0.3, 0.4) is 0 Å². The molecule has 1 heterocycles. The molecule has 0 aromatic carbocycles. The fourth-order valence-electron chi connectivity index (χ4n) is 4.46. The summed E-state index contributed by atoms with van der Waals surface area (Å²) in [5, 5.41) is 6.36. The zero-order chi connectivity index (χ0) is 18.7. The molecule has 3 rings (SSSR count). The number of aryl methyl sites for hydroxylation is 1. The third kappa shape index (κ3) is 4.87. The van der Waals surface area contributed by atoms with E-state index in [1.54, 1.807) is 0 Å². The van der Waals surface area contributed by atoms with E-state index in [4.69, 9.17) is 0 Å². The number of nitrogens with one attached hydrogen (secondary N) is 2. The van der Waals surface area contributed by atoms with Gasteiger partial charge in [0.25, 0.3) is 11.8 Å². The zero-order valence-corrected chi connectivity index (χ0v) is 17.1. The first-order valence-electron chi connectivity index (χ1n) is 10.1. The second-order valence-electron chi connectivity index (χ2n) is 8.51. The van der Waals surface area contributed by atoms with E-state index in [2.05, 4.69) is 24.5 Å². The van der Waals surface area contributed by atoms with E-state index in [0.717, 1.165) is 31.2 Å². The molecule has 2 aliphatic rings. The van der Waals surface area contributed by atoms with E-state index in [1.807, 2.05) is 13.0 Å². The lowest BCUT2D eigenvalue weighted by Crippen LogP contribution is -2.38. The normalized spacial score (nSPS) is 29.2. The third-order valence-electron chi connectivity index (χ3n) is 5.89. The van der Waals surface area contributed by atoms with E-state index in [0.29, 0.717) is 21.6 Å². The maximum absolute atomic E-state index is 12.7. The number of hydrogen-bond acceptors (Lipinski definition) is 3. The van der Waals surface area contributed by atoms with E-state index in [1.165, 1.54) is 37.0 Å². The van der Waals surface area contributed by atoms with Gasteiger partial charge in [0, 0.05) is 12.1 Å². The van der Waals surface area contributed by atoms with Crippen LogP contribution < -0.4 is 10.6 Å². The molecule has 2 saturated carbocycles. The van der Waals surface area contributed by atoms with Crippen LogP contribution in [0, 0.1) is 18.8 Å². The van der Waals surface area contributed by atoms with Gasteiger partial charge in [-0.3, -0.25) is 9.59 Å². The smallest absolute Gasteiger partial charge is 0.261 e. The quantitative estimate of drug-likeness (QED) is 0.802. The van der Waals surface area contributed by atoms with Gasteiger partial charge in [-0.25, -0.2) is 0 Å². The van der Waals surface area contributed by atoms with Gasteiger partial charge < -0.3 is 10.6 Å². The Kier molecular flexibility index (Phi) is 6.38. The van der Waals surface area contributed by atoms with Gasteiger partial charge in [-0.1, -0.05) is 39.5 Å². The minimum atomic E-state index is -0.0254. The zero-order valence-electron chi connectivity index (χ0n) is 16.3. The predicted octanol–water partition coefficient (Wildman–Crippen LogP) is 4.67. The first-order chi connectivity index (χ1) is 12.4. The average molecular weight is 377 g/mol. The highest BCUT2D eigenvalue weighted by Gasteiger charge is 2.25. The molecular weight excluding hydrogens is 344 g/mol. The summed E-state index contributed by atoms with van der Waals surface area (Å²) in [5.74, 6) is 1.32. The van der Waals surface area contributed by atoms with E-state index >= 15 is 0 Å². The summed E-state index contributed by atoms with van der Waals surface area (Å²) in [4.78, 5) is 26.6. The summed E-state index contributed by atoms with van der Waals surface area (Å²) < 4.78 is 0. The molecule has 1 aromatic heterocycles. The molecule has 0 spiro atoms. The van der Waals surface area contributed by atoms with Gasteiger partial charge in [0.1, 0.15) is 0 Å². The summed E-state index contributed by atoms with van der Waals surface area (Å²) in [6, 6.07) is 2.41. The Labute approximate surface area is 161 Å². The molecular formula is C21H32N2O2S. The van der Waals surface area contributed by atoms with Gasteiger partial charge in [-0.05, 0) is 56.1 Å². The minimum absolute atomic E-state index is 0.0167. The molecule has 4 unspecified atom stereocenters. The summed E-state index contributed by atoms with van der Waals surface area (Å²) >= 11 is 1.33. The van der Waals surface area contributed by atoms with Crippen molar-refractivity contribution in [1.82, 2.24) is 10.6 Å². The Morgan fingerprint density at radius 1 is 0.923 bits per heavy atom. The predicted molar refractivity (Wildman–Crippen MR) is 107 cm³/mol.